The Morgan fingerprint density at radius 3 is 2.96 bits per heavy atom. The van der Waals surface area contributed by atoms with Gasteiger partial charge in [0, 0.05) is 37.2 Å². The third-order valence-electron chi connectivity index (χ3n) is 5.81. The highest BCUT2D eigenvalue weighted by molar-refractivity contribution is 6.08. The number of fused-ring (bicyclic) bond motifs is 2. The Hall–Kier alpha value is -3.06. The average Bonchev–Trinajstić information content (AvgIpc) is 3.28. The van der Waals surface area contributed by atoms with Crippen molar-refractivity contribution in [2.75, 3.05) is 25.0 Å². The Bertz CT molecular complexity index is 1020. The van der Waals surface area contributed by atoms with Crippen LogP contribution in [0.1, 0.15) is 24.3 Å². The topological polar surface area (TPSA) is 75.4 Å². The molecule has 4 heterocycles. The first-order valence-corrected chi connectivity index (χ1v) is 9.50. The highest BCUT2D eigenvalue weighted by atomic mass is 16.5. The lowest BCUT2D eigenvalue weighted by atomic mass is 9.75. The number of carbonyl (C=O) groups is 1. The summed E-state index contributed by atoms with van der Waals surface area (Å²) in [5, 5.41) is 4.08. The summed E-state index contributed by atoms with van der Waals surface area (Å²) in [5.74, 6) is 1.28. The second kappa shape index (κ2) is 6.53. The molecule has 0 bridgehead atoms. The first kappa shape index (κ1) is 17.1. The van der Waals surface area contributed by atoms with Crippen molar-refractivity contribution in [3.63, 3.8) is 0 Å². The summed E-state index contributed by atoms with van der Waals surface area (Å²) < 4.78 is 5.46. The average molecular weight is 375 g/mol. The fraction of sp³-hybridized carbons (Fsp3) is 0.333. The van der Waals surface area contributed by atoms with Crippen LogP contribution in [0.5, 0.6) is 0 Å². The largest absolute Gasteiger partial charge is 0.338 e. The zero-order valence-corrected chi connectivity index (χ0v) is 15.7. The molecule has 3 aromatic rings. The number of rotatable bonds is 3. The van der Waals surface area contributed by atoms with Gasteiger partial charge in [0.05, 0.1) is 12.0 Å². The van der Waals surface area contributed by atoms with Gasteiger partial charge in [-0.3, -0.25) is 14.7 Å². The summed E-state index contributed by atoms with van der Waals surface area (Å²) in [7, 11) is 1.87. The van der Waals surface area contributed by atoms with E-state index >= 15 is 0 Å². The fourth-order valence-electron chi connectivity index (χ4n) is 4.51. The van der Waals surface area contributed by atoms with Gasteiger partial charge < -0.3 is 9.42 Å². The molecule has 7 heteroatoms. The van der Waals surface area contributed by atoms with Crippen molar-refractivity contribution in [2.24, 2.45) is 0 Å². The maximum Gasteiger partial charge on any atom is 0.241 e. The van der Waals surface area contributed by atoms with Gasteiger partial charge in [-0.2, -0.15) is 4.98 Å². The molecule has 2 aliphatic rings. The lowest BCUT2D eigenvalue weighted by molar-refractivity contribution is -0.125. The van der Waals surface area contributed by atoms with Crippen LogP contribution in [0.15, 0.2) is 53.3 Å². The minimum Gasteiger partial charge on any atom is -0.338 e. The quantitative estimate of drug-likeness (QED) is 0.701. The van der Waals surface area contributed by atoms with Gasteiger partial charge in [0.1, 0.15) is 0 Å². The van der Waals surface area contributed by atoms with Crippen molar-refractivity contribution in [3.8, 4) is 11.4 Å². The Morgan fingerprint density at radius 1 is 1.21 bits per heavy atom. The van der Waals surface area contributed by atoms with E-state index in [0.29, 0.717) is 24.8 Å². The number of hydrogen-bond donors (Lipinski definition) is 0. The first-order valence-electron chi connectivity index (χ1n) is 9.50. The molecular formula is C21H21N5O2. The van der Waals surface area contributed by atoms with E-state index in [1.165, 1.54) is 0 Å². The number of benzene rings is 1. The molecule has 1 aromatic carbocycles. The number of piperidine rings is 1. The predicted molar refractivity (Wildman–Crippen MR) is 104 cm³/mol. The third-order valence-corrected chi connectivity index (χ3v) is 5.81. The van der Waals surface area contributed by atoms with Crippen molar-refractivity contribution in [3.05, 3.63) is 60.2 Å². The Balaban J connectivity index is 1.39. The summed E-state index contributed by atoms with van der Waals surface area (Å²) in [6, 6.07) is 11.9. The van der Waals surface area contributed by atoms with E-state index in [0.717, 1.165) is 36.2 Å². The predicted octanol–water partition coefficient (Wildman–Crippen LogP) is 2.64. The molecule has 28 heavy (non-hydrogen) atoms. The van der Waals surface area contributed by atoms with Gasteiger partial charge in [0.15, 0.2) is 0 Å². The normalized spacial score (nSPS) is 22.0. The number of pyridine rings is 1. The summed E-state index contributed by atoms with van der Waals surface area (Å²) in [4.78, 5) is 25.8. The molecule has 0 radical (unpaired) electrons. The molecule has 2 aliphatic heterocycles. The van der Waals surface area contributed by atoms with Gasteiger partial charge in [0.25, 0.3) is 0 Å². The molecular weight excluding hydrogens is 354 g/mol. The van der Waals surface area contributed by atoms with Crippen LogP contribution in [-0.2, 0) is 16.8 Å². The molecule has 0 aliphatic carbocycles. The van der Waals surface area contributed by atoms with Gasteiger partial charge in [-0.15, -0.1) is 0 Å². The van der Waals surface area contributed by atoms with Gasteiger partial charge >= 0.3 is 0 Å². The molecule has 7 nitrogen and oxygen atoms in total. The minimum atomic E-state index is -0.476. The van der Waals surface area contributed by atoms with Crippen LogP contribution in [0.4, 0.5) is 5.69 Å². The third kappa shape index (κ3) is 2.62. The van der Waals surface area contributed by atoms with Crippen LogP contribution in [0, 0.1) is 0 Å². The molecule has 1 fully saturated rings. The first-order chi connectivity index (χ1) is 13.7. The molecule has 1 spiro atoms. The van der Waals surface area contributed by atoms with E-state index < -0.39 is 5.41 Å². The van der Waals surface area contributed by atoms with Crippen LogP contribution in [-0.4, -0.2) is 46.1 Å². The summed E-state index contributed by atoms with van der Waals surface area (Å²) in [6.45, 7) is 2.11. The zero-order valence-electron chi connectivity index (χ0n) is 15.7. The lowest BCUT2D eigenvalue weighted by Crippen LogP contribution is -2.51. The second-order valence-electron chi connectivity index (χ2n) is 7.53. The van der Waals surface area contributed by atoms with Crippen molar-refractivity contribution < 1.29 is 9.32 Å². The van der Waals surface area contributed by atoms with Gasteiger partial charge in [-0.25, -0.2) is 0 Å². The van der Waals surface area contributed by atoms with Gasteiger partial charge in [-0.1, -0.05) is 23.4 Å². The summed E-state index contributed by atoms with van der Waals surface area (Å²) in [6.07, 6.45) is 5.26. The zero-order chi connectivity index (χ0) is 19.1. The van der Waals surface area contributed by atoms with Crippen LogP contribution in [0.25, 0.3) is 11.4 Å². The molecule has 1 unspecified atom stereocenters. The number of amides is 1. The minimum absolute atomic E-state index is 0.181. The van der Waals surface area contributed by atoms with Crippen molar-refractivity contribution in [1.82, 2.24) is 20.0 Å². The molecule has 1 saturated heterocycles. The molecule has 0 saturated carbocycles. The maximum atomic E-state index is 13.2. The second-order valence-corrected chi connectivity index (χ2v) is 7.53. The van der Waals surface area contributed by atoms with Gasteiger partial charge in [0.2, 0.25) is 17.6 Å². The van der Waals surface area contributed by atoms with Crippen LogP contribution in [0.2, 0.25) is 0 Å². The number of carbonyl (C=O) groups excluding carboxylic acids is 1. The number of likely N-dealkylation sites (N-methyl/N-ethyl adjacent to an activating group) is 1. The number of nitrogens with zero attached hydrogens (tertiary/aromatic N) is 5. The van der Waals surface area contributed by atoms with Crippen molar-refractivity contribution in [1.29, 1.82) is 0 Å². The van der Waals surface area contributed by atoms with Crippen LogP contribution in [0.3, 0.4) is 0 Å². The molecule has 0 N–H and O–H groups in total. The molecule has 142 valence electrons. The Labute approximate surface area is 163 Å². The molecule has 2 aromatic heterocycles. The van der Waals surface area contributed by atoms with Crippen LogP contribution >= 0.6 is 0 Å². The van der Waals surface area contributed by atoms with E-state index in [2.05, 4.69) is 26.1 Å². The molecule has 5 rings (SSSR count). The van der Waals surface area contributed by atoms with E-state index in [4.69, 9.17) is 4.52 Å². The SMILES string of the molecule is CN1C(=O)C2(CCCN(Cc3nc(-c4cccnc4)no3)C2)c2ccccc21. The lowest BCUT2D eigenvalue weighted by Gasteiger charge is -2.38. The fourth-order valence-corrected chi connectivity index (χ4v) is 4.51. The molecule has 1 atom stereocenters. The highest BCUT2D eigenvalue weighted by Crippen LogP contribution is 2.46. The van der Waals surface area contributed by atoms with E-state index in [1.54, 1.807) is 17.3 Å². The monoisotopic (exact) mass is 375 g/mol. The number of likely N-dealkylation sites (tertiary alicyclic amines) is 1. The summed E-state index contributed by atoms with van der Waals surface area (Å²) in [5.41, 5.74) is 2.50. The highest BCUT2D eigenvalue weighted by Gasteiger charge is 2.51. The van der Waals surface area contributed by atoms with Gasteiger partial charge in [-0.05, 0) is 43.1 Å². The number of para-hydroxylation sites is 1. The van der Waals surface area contributed by atoms with E-state index in [-0.39, 0.29) is 5.91 Å². The van der Waals surface area contributed by atoms with Crippen LogP contribution < -0.4 is 4.90 Å². The number of anilines is 1. The van der Waals surface area contributed by atoms with E-state index in [1.807, 2.05) is 37.4 Å². The Morgan fingerprint density at radius 2 is 2.11 bits per heavy atom. The van der Waals surface area contributed by atoms with Crippen molar-refractivity contribution in [2.45, 2.75) is 24.8 Å². The van der Waals surface area contributed by atoms with Crippen molar-refractivity contribution >= 4 is 11.6 Å². The molecule has 1 amide bonds. The Kier molecular flexibility index (Phi) is 3.98. The number of hydrogen-bond acceptors (Lipinski definition) is 6. The maximum absolute atomic E-state index is 13.2. The number of aromatic nitrogens is 3. The standard InChI is InChI=1S/C21H21N5O2/c1-25-17-8-3-2-7-16(17)21(20(25)27)9-5-11-26(14-21)13-18-23-19(24-28-18)15-6-4-10-22-12-15/h2-4,6-8,10,12H,5,9,11,13-14H2,1H3. The summed E-state index contributed by atoms with van der Waals surface area (Å²) >= 11 is 0. The smallest absolute Gasteiger partial charge is 0.241 e. The van der Waals surface area contributed by atoms with E-state index in [9.17, 15) is 4.79 Å².